The van der Waals surface area contributed by atoms with E-state index in [1.807, 2.05) is 83.4 Å². The molecule has 0 aliphatic carbocycles. The highest BCUT2D eigenvalue weighted by Crippen LogP contribution is 2.37. The summed E-state index contributed by atoms with van der Waals surface area (Å²) in [4.78, 5) is 14.7. The second kappa shape index (κ2) is 10.6. The lowest BCUT2D eigenvalue weighted by molar-refractivity contribution is -0.128. The first-order chi connectivity index (χ1) is 16.0. The average molecular weight is 479 g/mol. The molecule has 0 saturated heterocycles. The molecule has 0 radical (unpaired) electrons. The predicted octanol–water partition coefficient (Wildman–Crippen LogP) is 5.42. The lowest BCUT2D eigenvalue weighted by Crippen LogP contribution is -2.27. The Morgan fingerprint density at radius 3 is 2.27 bits per heavy atom. The maximum Gasteiger partial charge on any atom is 0.240 e. The molecule has 33 heavy (non-hydrogen) atoms. The van der Waals surface area contributed by atoms with E-state index in [1.54, 1.807) is 25.1 Å². The third kappa shape index (κ3) is 5.38. The van der Waals surface area contributed by atoms with E-state index in [0.29, 0.717) is 21.8 Å². The summed E-state index contributed by atoms with van der Waals surface area (Å²) in [5, 5.41) is 9.47. The van der Waals surface area contributed by atoms with E-state index < -0.39 is 5.25 Å². The van der Waals surface area contributed by atoms with E-state index in [4.69, 9.17) is 16.3 Å². The lowest BCUT2D eigenvalue weighted by Gasteiger charge is -2.20. The average Bonchev–Trinajstić information content (AvgIpc) is 3.25. The summed E-state index contributed by atoms with van der Waals surface area (Å²) in [5.74, 6) is 1.15. The van der Waals surface area contributed by atoms with Crippen molar-refractivity contribution in [2.75, 3.05) is 14.1 Å². The van der Waals surface area contributed by atoms with Crippen LogP contribution in [0.1, 0.15) is 16.6 Å². The van der Waals surface area contributed by atoms with Crippen LogP contribution in [0.15, 0.2) is 90.1 Å². The van der Waals surface area contributed by atoms with E-state index in [0.717, 1.165) is 11.3 Å². The minimum Gasteiger partial charge on any atom is -0.484 e. The zero-order chi connectivity index (χ0) is 23.2. The summed E-state index contributed by atoms with van der Waals surface area (Å²) in [6, 6.07) is 26.8. The van der Waals surface area contributed by atoms with Crippen molar-refractivity contribution in [2.45, 2.75) is 17.0 Å². The fourth-order valence-electron chi connectivity index (χ4n) is 3.24. The van der Waals surface area contributed by atoms with Gasteiger partial charge < -0.3 is 9.64 Å². The SMILES string of the molecule is CN(C)C(=O)[C@@H](Sc1nnc(COc2ccccc2Cl)n1-c1ccccc1)c1ccccc1. The van der Waals surface area contributed by atoms with Crippen molar-refractivity contribution >= 4 is 29.3 Å². The summed E-state index contributed by atoms with van der Waals surface area (Å²) in [7, 11) is 3.51. The Bertz CT molecular complexity index is 1220. The van der Waals surface area contributed by atoms with Crippen LogP contribution in [0.2, 0.25) is 5.02 Å². The van der Waals surface area contributed by atoms with Crippen LogP contribution in [0.3, 0.4) is 0 Å². The lowest BCUT2D eigenvalue weighted by atomic mass is 10.1. The number of nitrogens with zero attached hydrogens (tertiary/aromatic N) is 4. The monoisotopic (exact) mass is 478 g/mol. The van der Waals surface area contributed by atoms with Gasteiger partial charge in [0.05, 0.1) is 5.02 Å². The summed E-state index contributed by atoms with van der Waals surface area (Å²) < 4.78 is 7.85. The van der Waals surface area contributed by atoms with Crippen LogP contribution in [0.25, 0.3) is 5.69 Å². The Balaban J connectivity index is 1.70. The predicted molar refractivity (Wildman–Crippen MR) is 131 cm³/mol. The highest BCUT2D eigenvalue weighted by Gasteiger charge is 2.27. The largest absolute Gasteiger partial charge is 0.484 e. The molecule has 3 aromatic carbocycles. The van der Waals surface area contributed by atoms with Crippen molar-refractivity contribution in [3.8, 4) is 11.4 Å². The van der Waals surface area contributed by atoms with Gasteiger partial charge in [-0.25, -0.2) is 0 Å². The van der Waals surface area contributed by atoms with E-state index in [2.05, 4.69) is 10.2 Å². The molecule has 0 N–H and O–H groups in total. The van der Waals surface area contributed by atoms with E-state index in [-0.39, 0.29) is 12.5 Å². The first-order valence-electron chi connectivity index (χ1n) is 10.3. The van der Waals surface area contributed by atoms with Crippen LogP contribution in [0.5, 0.6) is 5.75 Å². The maximum atomic E-state index is 13.1. The number of likely N-dealkylation sites (N-methyl/N-ethyl adjacent to an activating group) is 1. The fraction of sp³-hybridized carbons (Fsp3) is 0.160. The third-order valence-corrected chi connectivity index (χ3v) is 6.40. The molecule has 1 heterocycles. The number of aromatic nitrogens is 3. The van der Waals surface area contributed by atoms with Gasteiger partial charge >= 0.3 is 0 Å². The van der Waals surface area contributed by atoms with Crippen molar-refractivity contribution < 1.29 is 9.53 Å². The van der Waals surface area contributed by atoms with Gasteiger partial charge in [-0.2, -0.15) is 0 Å². The normalized spacial score (nSPS) is 11.7. The molecule has 168 valence electrons. The zero-order valence-corrected chi connectivity index (χ0v) is 19.8. The number of amides is 1. The molecular formula is C25H23ClN4O2S. The topological polar surface area (TPSA) is 60.3 Å². The van der Waals surface area contributed by atoms with Crippen molar-refractivity contribution in [3.05, 3.63) is 101 Å². The van der Waals surface area contributed by atoms with Gasteiger partial charge in [0.2, 0.25) is 5.91 Å². The molecule has 0 bridgehead atoms. The Morgan fingerprint density at radius 2 is 1.61 bits per heavy atom. The van der Waals surface area contributed by atoms with Gasteiger partial charge in [-0.1, -0.05) is 84.0 Å². The molecule has 0 saturated carbocycles. The molecule has 0 unspecified atom stereocenters. The highest BCUT2D eigenvalue weighted by molar-refractivity contribution is 8.00. The van der Waals surface area contributed by atoms with Crippen LogP contribution in [0, 0.1) is 0 Å². The van der Waals surface area contributed by atoms with Crippen molar-refractivity contribution in [1.29, 1.82) is 0 Å². The number of rotatable bonds is 8. The maximum absolute atomic E-state index is 13.1. The number of hydrogen-bond acceptors (Lipinski definition) is 5. The highest BCUT2D eigenvalue weighted by atomic mass is 35.5. The Hall–Kier alpha value is -3.29. The Morgan fingerprint density at radius 1 is 0.970 bits per heavy atom. The molecule has 1 amide bonds. The molecule has 1 atom stereocenters. The van der Waals surface area contributed by atoms with Gasteiger partial charge in [0.15, 0.2) is 11.0 Å². The van der Waals surface area contributed by atoms with Crippen LogP contribution in [0.4, 0.5) is 0 Å². The summed E-state index contributed by atoms with van der Waals surface area (Å²) in [6.07, 6.45) is 0. The smallest absolute Gasteiger partial charge is 0.240 e. The molecule has 0 aliphatic rings. The minimum atomic E-state index is -0.467. The number of carbonyl (C=O) groups is 1. The molecule has 0 aliphatic heterocycles. The van der Waals surface area contributed by atoms with E-state index in [9.17, 15) is 4.79 Å². The molecule has 4 rings (SSSR count). The van der Waals surface area contributed by atoms with Crippen LogP contribution in [-0.4, -0.2) is 39.7 Å². The first kappa shape index (κ1) is 22.9. The quantitative estimate of drug-likeness (QED) is 0.316. The molecule has 8 heteroatoms. The number of ether oxygens (including phenoxy) is 1. The Labute approximate surface area is 202 Å². The second-order valence-corrected chi connectivity index (χ2v) is 8.91. The van der Waals surface area contributed by atoms with Crippen molar-refractivity contribution in [2.24, 2.45) is 0 Å². The van der Waals surface area contributed by atoms with Crippen LogP contribution >= 0.6 is 23.4 Å². The fourth-order valence-corrected chi connectivity index (χ4v) is 4.65. The Kier molecular flexibility index (Phi) is 7.32. The first-order valence-corrected chi connectivity index (χ1v) is 11.6. The van der Waals surface area contributed by atoms with Crippen molar-refractivity contribution in [1.82, 2.24) is 19.7 Å². The number of carbonyl (C=O) groups excluding carboxylic acids is 1. The molecule has 6 nitrogen and oxygen atoms in total. The van der Waals surface area contributed by atoms with E-state index >= 15 is 0 Å². The molecule has 0 spiro atoms. The number of benzene rings is 3. The number of thioether (sulfide) groups is 1. The molecule has 1 aromatic heterocycles. The van der Waals surface area contributed by atoms with Gasteiger partial charge in [0, 0.05) is 19.8 Å². The summed E-state index contributed by atoms with van der Waals surface area (Å²) >= 11 is 7.60. The van der Waals surface area contributed by atoms with Crippen LogP contribution in [-0.2, 0) is 11.4 Å². The third-order valence-electron chi connectivity index (χ3n) is 4.90. The minimum absolute atomic E-state index is 0.0253. The van der Waals surface area contributed by atoms with Gasteiger partial charge in [-0.3, -0.25) is 9.36 Å². The number of hydrogen-bond donors (Lipinski definition) is 0. The number of para-hydroxylation sites is 2. The molecule has 4 aromatic rings. The van der Waals surface area contributed by atoms with E-state index in [1.165, 1.54) is 11.8 Å². The number of halogens is 1. The van der Waals surface area contributed by atoms with Gasteiger partial charge in [0.25, 0.3) is 0 Å². The van der Waals surface area contributed by atoms with Gasteiger partial charge in [-0.05, 0) is 29.8 Å². The van der Waals surface area contributed by atoms with Crippen molar-refractivity contribution in [3.63, 3.8) is 0 Å². The molecule has 0 fully saturated rings. The second-order valence-electron chi connectivity index (χ2n) is 7.43. The molecular weight excluding hydrogens is 456 g/mol. The van der Waals surface area contributed by atoms with Crippen LogP contribution < -0.4 is 4.74 Å². The summed E-state index contributed by atoms with van der Waals surface area (Å²) in [5.41, 5.74) is 1.78. The standard InChI is InChI=1S/C25H23ClN4O2S/c1-29(2)24(31)23(18-11-5-3-6-12-18)33-25-28-27-22(30(25)19-13-7-4-8-14-19)17-32-21-16-10-9-15-20(21)26/h3-16,23H,17H2,1-2H3/t23-/m0/s1. The van der Waals surface area contributed by atoms with Gasteiger partial charge in [0.1, 0.15) is 17.6 Å². The zero-order valence-electron chi connectivity index (χ0n) is 18.3. The van der Waals surface area contributed by atoms with Gasteiger partial charge in [-0.15, -0.1) is 10.2 Å². The summed E-state index contributed by atoms with van der Waals surface area (Å²) in [6.45, 7) is 0.170.